The van der Waals surface area contributed by atoms with Crippen LogP contribution in [0.1, 0.15) is 39.0 Å². The molecule has 0 bridgehead atoms. The molecule has 1 rings (SSSR count). The Kier molecular flexibility index (Phi) is 4.80. The zero-order valence-corrected chi connectivity index (χ0v) is 9.96. The van der Waals surface area contributed by atoms with Gasteiger partial charge in [-0.2, -0.15) is 13.2 Å². The van der Waals surface area contributed by atoms with E-state index in [0.29, 0.717) is 19.3 Å². The van der Waals surface area contributed by atoms with Gasteiger partial charge in [-0.3, -0.25) is 4.79 Å². The third kappa shape index (κ3) is 5.39. The van der Waals surface area contributed by atoms with Gasteiger partial charge in [-0.25, -0.2) is 0 Å². The normalized spacial score (nSPS) is 17.9. The molecule has 17 heavy (non-hydrogen) atoms. The zero-order chi connectivity index (χ0) is 13.1. The molecule has 100 valence electrons. The summed E-state index contributed by atoms with van der Waals surface area (Å²) in [6.07, 6.45) is -1.48. The molecule has 1 fully saturated rings. The molecule has 0 spiro atoms. The number of rotatable bonds is 6. The molecule has 3 nitrogen and oxygen atoms in total. The quantitative estimate of drug-likeness (QED) is 0.786. The first-order valence-electron chi connectivity index (χ1n) is 5.95. The van der Waals surface area contributed by atoms with Crippen LogP contribution in [0.3, 0.4) is 0 Å². The van der Waals surface area contributed by atoms with E-state index >= 15 is 0 Å². The van der Waals surface area contributed by atoms with Crippen molar-refractivity contribution in [3.05, 3.63) is 0 Å². The Bertz CT molecular complexity index is 264. The van der Waals surface area contributed by atoms with Crippen molar-refractivity contribution in [3.8, 4) is 0 Å². The highest BCUT2D eigenvalue weighted by Gasteiger charge is 2.40. The number of hydrogen-bond donors (Lipinski definition) is 1. The molecular formula is C11H19F3N2O. The van der Waals surface area contributed by atoms with Crippen molar-refractivity contribution in [2.45, 2.75) is 57.3 Å². The van der Waals surface area contributed by atoms with Gasteiger partial charge in [0.05, 0.1) is 0 Å². The minimum absolute atomic E-state index is 0.0143. The van der Waals surface area contributed by atoms with E-state index < -0.39 is 18.6 Å². The fourth-order valence-corrected chi connectivity index (χ4v) is 1.81. The van der Waals surface area contributed by atoms with Gasteiger partial charge < -0.3 is 10.6 Å². The van der Waals surface area contributed by atoms with Gasteiger partial charge in [0.1, 0.15) is 6.54 Å². The molecule has 1 amide bonds. The third-order valence-electron chi connectivity index (χ3n) is 2.75. The number of nitrogens with two attached hydrogens (primary N) is 1. The maximum Gasteiger partial charge on any atom is 0.406 e. The smallest absolute Gasteiger partial charge is 0.331 e. The van der Waals surface area contributed by atoms with Crippen molar-refractivity contribution in [3.63, 3.8) is 0 Å². The first-order chi connectivity index (χ1) is 7.83. The SMILES string of the molecule is CCCC(N)CC(=O)N(CC(F)(F)F)C1CC1. The van der Waals surface area contributed by atoms with Crippen LogP contribution in [0.4, 0.5) is 13.2 Å². The fourth-order valence-electron chi connectivity index (χ4n) is 1.81. The summed E-state index contributed by atoms with van der Waals surface area (Å²) >= 11 is 0. The number of hydrogen-bond acceptors (Lipinski definition) is 2. The van der Waals surface area contributed by atoms with E-state index in [0.717, 1.165) is 11.3 Å². The molecule has 0 aromatic rings. The predicted octanol–water partition coefficient (Wildman–Crippen LogP) is 2.06. The Hall–Kier alpha value is -0.780. The van der Waals surface area contributed by atoms with E-state index in [2.05, 4.69) is 0 Å². The Labute approximate surface area is 99.1 Å². The third-order valence-corrected chi connectivity index (χ3v) is 2.75. The van der Waals surface area contributed by atoms with Crippen molar-refractivity contribution in [2.24, 2.45) is 5.73 Å². The molecule has 2 N–H and O–H groups in total. The Morgan fingerprint density at radius 2 is 2.06 bits per heavy atom. The highest BCUT2D eigenvalue weighted by Crippen LogP contribution is 2.30. The summed E-state index contributed by atoms with van der Waals surface area (Å²) in [5.74, 6) is -0.467. The van der Waals surface area contributed by atoms with Gasteiger partial charge in [0.25, 0.3) is 0 Å². The van der Waals surface area contributed by atoms with Gasteiger partial charge in [-0.05, 0) is 19.3 Å². The van der Waals surface area contributed by atoms with Crippen LogP contribution >= 0.6 is 0 Å². The van der Waals surface area contributed by atoms with E-state index in [9.17, 15) is 18.0 Å². The summed E-state index contributed by atoms with van der Waals surface area (Å²) < 4.78 is 36.9. The molecule has 0 radical (unpaired) electrons. The van der Waals surface area contributed by atoms with Gasteiger partial charge in [-0.1, -0.05) is 13.3 Å². The van der Waals surface area contributed by atoms with E-state index in [4.69, 9.17) is 5.73 Å². The van der Waals surface area contributed by atoms with Crippen LogP contribution in [0.15, 0.2) is 0 Å². The van der Waals surface area contributed by atoms with E-state index in [1.807, 2.05) is 6.92 Å². The zero-order valence-electron chi connectivity index (χ0n) is 9.96. The number of carbonyl (C=O) groups is 1. The average Bonchev–Trinajstić information content (AvgIpc) is 2.95. The van der Waals surface area contributed by atoms with Gasteiger partial charge in [0.15, 0.2) is 0 Å². The number of carbonyl (C=O) groups excluding carboxylic acids is 1. The Balaban J connectivity index is 2.49. The second-order valence-electron chi connectivity index (χ2n) is 4.62. The highest BCUT2D eigenvalue weighted by atomic mass is 19.4. The van der Waals surface area contributed by atoms with E-state index in [1.54, 1.807) is 0 Å². The number of nitrogens with zero attached hydrogens (tertiary/aromatic N) is 1. The maximum absolute atomic E-state index is 12.3. The summed E-state index contributed by atoms with van der Waals surface area (Å²) in [5.41, 5.74) is 5.68. The summed E-state index contributed by atoms with van der Waals surface area (Å²) in [4.78, 5) is 12.7. The minimum Gasteiger partial charge on any atom is -0.331 e. The first-order valence-corrected chi connectivity index (χ1v) is 5.95. The van der Waals surface area contributed by atoms with Gasteiger partial charge in [-0.15, -0.1) is 0 Å². The van der Waals surface area contributed by atoms with Crippen molar-refractivity contribution in [2.75, 3.05) is 6.54 Å². The van der Waals surface area contributed by atoms with Crippen LogP contribution in [0.2, 0.25) is 0 Å². The topological polar surface area (TPSA) is 46.3 Å². The van der Waals surface area contributed by atoms with Gasteiger partial charge in [0, 0.05) is 18.5 Å². The molecule has 1 atom stereocenters. The standard InChI is InChI=1S/C11H19F3N2O/c1-2-3-8(15)6-10(17)16(9-4-5-9)7-11(12,13)14/h8-9H,2-7,15H2,1H3. The lowest BCUT2D eigenvalue weighted by molar-refractivity contribution is -0.162. The van der Waals surface area contributed by atoms with Crippen LogP contribution in [-0.4, -0.2) is 35.6 Å². The molecule has 0 aliphatic heterocycles. The van der Waals surface area contributed by atoms with Gasteiger partial charge in [0.2, 0.25) is 5.91 Å². The molecule has 0 heterocycles. The van der Waals surface area contributed by atoms with Crippen molar-refractivity contribution in [1.29, 1.82) is 0 Å². The maximum atomic E-state index is 12.3. The number of amides is 1. The van der Waals surface area contributed by atoms with Crippen molar-refractivity contribution in [1.82, 2.24) is 4.90 Å². The molecule has 1 saturated carbocycles. The van der Waals surface area contributed by atoms with Crippen LogP contribution in [-0.2, 0) is 4.79 Å². The van der Waals surface area contributed by atoms with E-state index in [1.165, 1.54) is 0 Å². The lowest BCUT2D eigenvalue weighted by atomic mass is 10.1. The molecule has 0 aromatic heterocycles. The second kappa shape index (κ2) is 5.71. The Morgan fingerprint density at radius 1 is 1.47 bits per heavy atom. The van der Waals surface area contributed by atoms with Crippen molar-refractivity contribution >= 4 is 5.91 Å². The Morgan fingerprint density at radius 3 is 2.47 bits per heavy atom. The van der Waals surface area contributed by atoms with Crippen LogP contribution in [0.25, 0.3) is 0 Å². The fraction of sp³-hybridized carbons (Fsp3) is 0.909. The average molecular weight is 252 g/mol. The monoisotopic (exact) mass is 252 g/mol. The number of halogens is 3. The molecule has 6 heteroatoms. The van der Waals surface area contributed by atoms with Gasteiger partial charge >= 0.3 is 6.18 Å². The number of alkyl halides is 3. The summed E-state index contributed by atoms with van der Waals surface area (Å²) in [6, 6.07) is -0.556. The summed E-state index contributed by atoms with van der Waals surface area (Å²) in [6.45, 7) is 0.786. The molecule has 0 aromatic carbocycles. The second-order valence-corrected chi connectivity index (χ2v) is 4.62. The van der Waals surface area contributed by atoms with Crippen LogP contribution in [0, 0.1) is 0 Å². The summed E-state index contributed by atoms with van der Waals surface area (Å²) in [7, 11) is 0. The van der Waals surface area contributed by atoms with E-state index in [-0.39, 0.29) is 18.5 Å². The lowest BCUT2D eigenvalue weighted by Gasteiger charge is -2.25. The summed E-state index contributed by atoms with van der Waals surface area (Å²) in [5, 5.41) is 0. The molecular weight excluding hydrogens is 233 g/mol. The van der Waals surface area contributed by atoms with Crippen molar-refractivity contribution < 1.29 is 18.0 Å². The van der Waals surface area contributed by atoms with Crippen LogP contribution in [0.5, 0.6) is 0 Å². The molecule has 1 unspecified atom stereocenters. The first kappa shape index (κ1) is 14.3. The lowest BCUT2D eigenvalue weighted by Crippen LogP contribution is -2.42. The van der Waals surface area contributed by atoms with Crippen LogP contribution < -0.4 is 5.73 Å². The molecule has 0 saturated heterocycles. The molecule has 1 aliphatic rings. The largest absolute Gasteiger partial charge is 0.406 e. The predicted molar refractivity (Wildman–Crippen MR) is 58.3 cm³/mol. The minimum atomic E-state index is -4.33. The highest BCUT2D eigenvalue weighted by molar-refractivity contribution is 5.77. The molecule has 1 aliphatic carbocycles.